The van der Waals surface area contributed by atoms with Crippen molar-refractivity contribution < 1.29 is 9.53 Å². The van der Waals surface area contributed by atoms with Crippen LogP contribution in [0, 0.1) is 0 Å². The summed E-state index contributed by atoms with van der Waals surface area (Å²) in [5.41, 5.74) is 8.95. The van der Waals surface area contributed by atoms with E-state index in [2.05, 4.69) is 0 Å². The molecule has 0 atom stereocenters. The zero-order valence-corrected chi connectivity index (χ0v) is 11.1. The summed E-state index contributed by atoms with van der Waals surface area (Å²) in [6.45, 7) is 3.67. The summed E-state index contributed by atoms with van der Waals surface area (Å²) in [6, 6.07) is 14.9. The Hall–Kier alpha value is -2.29. The van der Waals surface area contributed by atoms with Gasteiger partial charge in [-0.2, -0.15) is 0 Å². The zero-order valence-electron chi connectivity index (χ0n) is 11.1. The van der Waals surface area contributed by atoms with E-state index in [0.29, 0.717) is 11.3 Å². The van der Waals surface area contributed by atoms with Crippen LogP contribution in [0.2, 0.25) is 0 Å². The Morgan fingerprint density at radius 3 is 2.32 bits per heavy atom. The minimum absolute atomic E-state index is 0.122. The summed E-state index contributed by atoms with van der Waals surface area (Å²) >= 11 is 0. The fourth-order valence-electron chi connectivity index (χ4n) is 1.83. The number of benzene rings is 2. The van der Waals surface area contributed by atoms with Gasteiger partial charge in [0.25, 0.3) is 0 Å². The molecule has 2 N–H and O–H groups in total. The lowest BCUT2D eigenvalue weighted by Crippen LogP contribution is -2.11. The Balaban J connectivity index is 2.32. The van der Waals surface area contributed by atoms with Gasteiger partial charge in [-0.3, -0.25) is 0 Å². The minimum atomic E-state index is -0.305. The van der Waals surface area contributed by atoms with Gasteiger partial charge in [0, 0.05) is 5.69 Å². The number of nitrogens with two attached hydrogens (primary N) is 1. The van der Waals surface area contributed by atoms with Crippen LogP contribution in [0.1, 0.15) is 24.2 Å². The molecular weight excluding hydrogens is 238 g/mol. The Morgan fingerprint density at radius 2 is 1.68 bits per heavy atom. The van der Waals surface area contributed by atoms with Crippen molar-refractivity contribution in [2.45, 2.75) is 20.0 Å². The number of ether oxygens (including phenoxy) is 1. The molecule has 3 heteroatoms. The summed E-state index contributed by atoms with van der Waals surface area (Å²) in [7, 11) is 0. The fourth-order valence-corrected chi connectivity index (χ4v) is 1.83. The third-order valence-corrected chi connectivity index (χ3v) is 2.66. The van der Waals surface area contributed by atoms with E-state index < -0.39 is 0 Å². The standard InChI is InChI=1S/C16H17NO2/c1-11(2)19-16(18)14-7-3-5-12(9-14)13-6-4-8-15(17)10-13/h3-11H,17H2,1-2H3. The quantitative estimate of drug-likeness (QED) is 0.674. The monoisotopic (exact) mass is 255 g/mol. The van der Waals surface area contributed by atoms with Gasteiger partial charge < -0.3 is 10.5 Å². The van der Waals surface area contributed by atoms with Gasteiger partial charge in [0.1, 0.15) is 0 Å². The van der Waals surface area contributed by atoms with Crippen LogP contribution in [0.3, 0.4) is 0 Å². The van der Waals surface area contributed by atoms with Crippen LogP contribution >= 0.6 is 0 Å². The minimum Gasteiger partial charge on any atom is -0.459 e. The molecule has 0 amide bonds. The van der Waals surface area contributed by atoms with E-state index in [0.717, 1.165) is 11.1 Å². The molecule has 0 aromatic heterocycles. The van der Waals surface area contributed by atoms with Crippen LogP contribution in [0.5, 0.6) is 0 Å². The molecule has 0 spiro atoms. The first-order valence-electron chi connectivity index (χ1n) is 6.23. The van der Waals surface area contributed by atoms with Gasteiger partial charge in [-0.05, 0) is 49.2 Å². The third-order valence-electron chi connectivity index (χ3n) is 2.66. The molecule has 0 saturated heterocycles. The van der Waals surface area contributed by atoms with Crippen molar-refractivity contribution in [2.75, 3.05) is 5.73 Å². The maximum Gasteiger partial charge on any atom is 0.338 e. The number of anilines is 1. The Kier molecular flexibility index (Phi) is 3.85. The largest absolute Gasteiger partial charge is 0.459 e. The first kappa shape index (κ1) is 13.1. The van der Waals surface area contributed by atoms with Crippen molar-refractivity contribution in [1.29, 1.82) is 0 Å². The second-order valence-corrected chi connectivity index (χ2v) is 4.66. The number of hydrogen-bond donors (Lipinski definition) is 1. The Labute approximate surface area is 113 Å². The molecule has 3 nitrogen and oxygen atoms in total. The molecular formula is C16H17NO2. The van der Waals surface area contributed by atoms with Crippen LogP contribution < -0.4 is 5.73 Å². The smallest absolute Gasteiger partial charge is 0.338 e. The van der Waals surface area contributed by atoms with Crippen molar-refractivity contribution in [2.24, 2.45) is 0 Å². The maximum atomic E-state index is 11.9. The predicted molar refractivity (Wildman–Crippen MR) is 76.8 cm³/mol. The molecule has 2 aromatic rings. The van der Waals surface area contributed by atoms with Crippen molar-refractivity contribution in [1.82, 2.24) is 0 Å². The summed E-state index contributed by atoms with van der Waals surface area (Å²) in [5, 5.41) is 0. The highest BCUT2D eigenvalue weighted by atomic mass is 16.5. The molecule has 0 aliphatic rings. The number of esters is 1. The molecule has 0 radical (unpaired) electrons. The second-order valence-electron chi connectivity index (χ2n) is 4.66. The Morgan fingerprint density at radius 1 is 1.05 bits per heavy atom. The van der Waals surface area contributed by atoms with E-state index in [4.69, 9.17) is 10.5 Å². The van der Waals surface area contributed by atoms with Crippen LogP contribution in [-0.2, 0) is 4.74 Å². The number of carbonyl (C=O) groups excluding carboxylic acids is 1. The third kappa shape index (κ3) is 3.35. The van der Waals surface area contributed by atoms with E-state index in [9.17, 15) is 4.79 Å². The highest BCUT2D eigenvalue weighted by Gasteiger charge is 2.10. The summed E-state index contributed by atoms with van der Waals surface area (Å²) < 4.78 is 5.19. The average Bonchev–Trinajstić information content (AvgIpc) is 2.38. The van der Waals surface area contributed by atoms with E-state index in [1.54, 1.807) is 6.07 Å². The van der Waals surface area contributed by atoms with Crippen LogP contribution in [0.25, 0.3) is 11.1 Å². The topological polar surface area (TPSA) is 52.3 Å². The van der Waals surface area contributed by atoms with Gasteiger partial charge in [0.15, 0.2) is 0 Å². The molecule has 2 rings (SSSR count). The second kappa shape index (κ2) is 5.57. The van der Waals surface area contributed by atoms with Crippen molar-refractivity contribution in [3.8, 4) is 11.1 Å². The summed E-state index contributed by atoms with van der Waals surface area (Å²) in [5.74, 6) is -0.305. The highest BCUT2D eigenvalue weighted by molar-refractivity contribution is 5.91. The number of carbonyl (C=O) groups is 1. The van der Waals surface area contributed by atoms with E-state index in [-0.39, 0.29) is 12.1 Å². The molecule has 0 bridgehead atoms. The first-order valence-corrected chi connectivity index (χ1v) is 6.23. The SMILES string of the molecule is CC(C)OC(=O)c1cccc(-c2cccc(N)c2)c1. The molecule has 0 unspecified atom stereocenters. The van der Waals surface area contributed by atoms with Crippen molar-refractivity contribution in [3.63, 3.8) is 0 Å². The normalized spacial score (nSPS) is 10.5. The Bertz CT molecular complexity index is 591. The van der Waals surface area contributed by atoms with E-state index in [1.807, 2.05) is 56.3 Å². The number of nitrogen functional groups attached to an aromatic ring is 1. The summed E-state index contributed by atoms with van der Waals surface area (Å²) in [4.78, 5) is 11.9. The van der Waals surface area contributed by atoms with Crippen LogP contribution in [-0.4, -0.2) is 12.1 Å². The summed E-state index contributed by atoms with van der Waals surface area (Å²) in [6.07, 6.45) is -0.122. The molecule has 0 saturated carbocycles. The highest BCUT2D eigenvalue weighted by Crippen LogP contribution is 2.22. The molecule has 0 fully saturated rings. The zero-order chi connectivity index (χ0) is 13.8. The molecule has 19 heavy (non-hydrogen) atoms. The number of rotatable bonds is 3. The van der Waals surface area contributed by atoms with E-state index in [1.165, 1.54) is 0 Å². The number of hydrogen-bond acceptors (Lipinski definition) is 3. The van der Waals surface area contributed by atoms with Crippen LogP contribution in [0.15, 0.2) is 48.5 Å². The molecule has 2 aromatic carbocycles. The lowest BCUT2D eigenvalue weighted by atomic mass is 10.0. The van der Waals surface area contributed by atoms with Crippen LogP contribution in [0.4, 0.5) is 5.69 Å². The molecule has 98 valence electrons. The maximum absolute atomic E-state index is 11.9. The van der Waals surface area contributed by atoms with Gasteiger partial charge in [-0.1, -0.05) is 24.3 Å². The van der Waals surface area contributed by atoms with Gasteiger partial charge in [-0.25, -0.2) is 4.79 Å². The van der Waals surface area contributed by atoms with Gasteiger partial charge in [-0.15, -0.1) is 0 Å². The molecule has 0 aliphatic heterocycles. The van der Waals surface area contributed by atoms with Gasteiger partial charge in [0.05, 0.1) is 11.7 Å². The van der Waals surface area contributed by atoms with Crippen molar-refractivity contribution in [3.05, 3.63) is 54.1 Å². The lowest BCUT2D eigenvalue weighted by Gasteiger charge is -2.09. The van der Waals surface area contributed by atoms with E-state index >= 15 is 0 Å². The molecule has 0 heterocycles. The first-order chi connectivity index (χ1) is 9.06. The van der Waals surface area contributed by atoms with Gasteiger partial charge >= 0.3 is 5.97 Å². The average molecular weight is 255 g/mol. The molecule has 0 aliphatic carbocycles. The van der Waals surface area contributed by atoms with Gasteiger partial charge in [0.2, 0.25) is 0 Å². The predicted octanol–water partition coefficient (Wildman–Crippen LogP) is 3.50. The fraction of sp³-hybridized carbons (Fsp3) is 0.188. The van der Waals surface area contributed by atoms with Crippen molar-refractivity contribution >= 4 is 11.7 Å². The lowest BCUT2D eigenvalue weighted by molar-refractivity contribution is 0.0378.